The molecule has 26 heavy (non-hydrogen) atoms. The number of phenolic OH excluding ortho intramolecular Hbond substituents is 1. The topological polar surface area (TPSA) is 65.9 Å². The van der Waals surface area contributed by atoms with E-state index in [4.69, 9.17) is 4.74 Å². The predicted octanol–water partition coefficient (Wildman–Crippen LogP) is 3.37. The van der Waals surface area contributed by atoms with E-state index < -0.39 is 0 Å². The van der Waals surface area contributed by atoms with Crippen LogP contribution in [0.3, 0.4) is 0 Å². The molecule has 0 heterocycles. The van der Waals surface area contributed by atoms with Gasteiger partial charge in [-0.25, -0.2) is 0 Å². The molecule has 2 aliphatic rings. The third-order valence-corrected chi connectivity index (χ3v) is 5.09. The molecule has 0 radical (unpaired) electrons. The smallest absolute Gasteiger partial charge is 0.191 e. The molecule has 0 spiro atoms. The van der Waals surface area contributed by atoms with Crippen molar-refractivity contribution >= 4 is 29.9 Å². The quantitative estimate of drug-likeness (QED) is 0.235. The van der Waals surface area contributed by atoms with Gasteiger partial charge in [0.25, 0.3) is 0 Å². The van der Waals surface area contributed by atoms with Crippen molar-refractivity contribution in [2.75, 3.05) is 26.8 Å². The molecule has 0 atom stereocenters. The Hall–Kier alpha value is -1.02. The second-order valence-corrected chi connectivity index (χ2v) is 7.13. The fourth-order valence-electron chi connectivity index (χ4n) is 3.40. The number of ether oxygens (including phenoxy) is 1. The molecule has 5 nitrogen and oxygen atoms in total. The lowest BCUT2D eigenvalue weighted by atomic mass is 9.88. The maximum absolute atomic E-state index is 10.3. The standard InChI is InChI=1S/C20H31N3O2.HI/c1-21-20(22-11-4-12-25-14-15-7-8-15)23-13-18-17-6-3-2-5-16(17)9-10-19(18)24;/h9-10,15,24H,2-8,11-14H2,1H3,(H2,21,22,23);1H. The molecule has 146 valence electrons. The van der Waals surface area contributed by atoms with Crippen LogP contribution in [0.25, 0.3) is 0 Å². The Morgan fingerprint density at radius 3 is 2.81 bits per heavy atom. The SMILES string of the molecule is CN=C(NCCCOCC1CC1)NCc1c(O)ccc2c1CCCC2.I. The molecule has 1 aromatic rings. The summed E-state index contributed by atoms with van der Waals surface area (Å²) < 4.78 is 5.65. The molecule has 2 aliphatic carbocycles. The van der Waals surface area contributed by atoms with E-state index in [2.05, 4.69) is 21.7 Å². The lowest BCUT2D eigenvalue weighted by Crippen LogP contribution is -2.37. The van der Waals surface area contributed by atoms with Gasteiger partial charge in [-0.2, -0.15) is 0 Å². The van der Waals surface area contributed by atoms with Crippen molar-refractivity contribution in [2.24, 2.45) is 10.9 Å². The minimum Gasteiger partial charge on any atom is -0.508 e. The Morgan fingerprint density at radius 2 is 2.04 bits per heavy atom. The van der Waals surface area contributed by atoms with E-state index in [-0.39, 0.29) is 24.0 Å². The minimum atomic E-state index is 0. The van der Waals surface area contributed by atoms with Gasteiger partial charge >= 0.3 is 0 Å². The Balaban J connectivity index is 0.00000243. The third-order valence-electron chi connectivity index (χ3n) is 5.09. The normalized spacial score (nSPS) is 16.6. The van der Waals surface area contributed by atoms with E-state index in [0.717, 1.165) is 56.5 Å². The van der Waals surface area contributed by atoms with Gasteiger partial charge in [-0.15, -0.1) is 24.0 Å². The first-order chi connectivity index (χ1) is 12.3. The van der Waals surface area contributed by atoms with Gasteiger partial charge in [0.2, 0.25) is 0 Å². The number of rotatable bonds is 8. The van der Waals surface area contributed by atoms with Crippen LogP contribution in [-0.4, -0.2) is 37.9 Å². The summed E-state index contributed by atoms with van der Waals surface area (Å²) in [4.78, 5) is 4.27. The number of hydrogen-bond acceptors (Lipinski definition) is 3. The van der Waals surface area contributed by atoms with Gasteiger partial charge < -0.3 is 20.5 Å². The monoisotopic (exact) mass is 473 g/mol. The summed E-state index contributed by atoms with van der Waals surface area (Å²) >= 11 is 0. The van der Waals surface area contributed by atoms with E-state index in [1.807, 2.05) is 6.07 Å². The van der Waals surface area contributed by atoms with Gasteiger partial charge in [0.05, 0.1) is 0 Å². The minimum absolute atomic E-state index is 0. The van der Waals surface area contributed by atoms with E-state index >= 15 is 0 Å². The molecule has 0 aromatic heterocycles. The summed E-state index contributed by atoms with van der Waals surface area (Å²) in [5.74, 6) is 1.99. The number of aromatic hydroxyl groups is 1. The second-order valence-electron chi connectivity index (χ2n) is 7.13. The van der Waals surface area contributed by atoms with Crippen LogP contribution in [0.15, 0.2) is 17.1 Å². The number of aliphatic imine (C=N–C) groups is 1. The number of fused-ring (bicyclic) bond motifs is 1. The van der Waals surface area contributed by atoms with Crippen molar-refractivity contribution in [3.8, 4) is 5.75 Å². The molecule has 0 bridgehead atoms. The average Bonchev–Trinajstić information content (AvgIpc) is 3.46. The number of hydrogen-bond donors (Lipinski definition) is 3. The molecular weight excluding hydrogens is 441 g/mol. The van der Waals surface area contributed by atoms with E-state index in [1.165, 1.54) is 36.8 Å². The zero-order chi connectivity index (χ0) is 17.5. The molecule has 0 saturated heterocycles. The van der Waals surface area contributed by atoms with Crippen molar-refractivity contribution in [1.29, 1.82) is 0 Å². The third kappa shape index (κ3) is 6.30. The van der Waals surface area contributed by atoms with Gasteiger partial charge in [0, 0.05) is 38.9 Å². The molecule has 1 aromatic carbocycles. The van der Waals surface area contributed by atoms with Crippen LogP contribution in [0.5, 0.6) is 5.75 Å². The first-order valence-corrected chi connectivity index (χ1v) is 9.62. The summed E-state index contributed by atoms with van der Waals surface area (Å²) in [7, 11) is 1.78. The summed E-state index contributed by atoms with van der Waals surface area (Å²) in [6.45, 7) is 3.16. The van der Waals surface area contributed by atoms with Crippen LogP contribution in [0.1, 0.15) is 48.8 Å². The zero-order valence-electron chi connectivity index (χ0n) is 15.7. The molecule has 3 N–H and O–H groups in total. The van der Waals surface area contributed by atoms with Crippen LogP contribution >= 0.6 is 24.0 Å². The number of aryl methyl sites for hydroxylation is 1. The van der Waals surface area contributed by atoms with Crippen LogP contribution in [0.4, 0.5) is 0 Å². The number of guanidine groups is 1. The van der Waals surface area contributed by atoms with Gasteiger partial charge in [0.15, 0.2) is 5.96 Å². The molecule has 0 aliphatic heterocycles. The highest BCUT2D eigenvalue weighted by Gasteiger charge is 2.20. The van der Waals surface area contributed by atoms with Gasteiger partial charge in [0.1, 0.15) is 5.75 Å². The van der Waals surface area contributed by atoms with Crippen LogP contribution in [-0.2, 0) is 24.1 Å². The molecule has 0 amide bonds. The molecule has 6 heteroatoms. The maximum atomic E-state index is 10.3. The molecule has 0 unspecified atom stereocenters. The summed E-state index contributed by atoms with van der Waals surface area (Å²) in [5.41, 5.74) is 3.73. The summed E-state index contributed by atoms with van der Waals surface area (Å²) in [6.07, 6.45) is 8.28. The van der Waals surface area contributed by atoms with E-state index in [1.54, 1.807) is 7.05 Å². The predicted molar refractivity (Wildman–Crippen MR) is 117 cm³/mol. The number of phenols is 1. The first-order valence-electron chi connectivity index (χ1n) is 9.62. The highest BCUT2D eigenvalue weighted by atomic mass is 127. The Morgan fingerprint density at radius 1 is 1.23 bits per heavy atom. The van der Waals surface area contributed by atoms with Crippen molar-refractivity contribution in [1.82, 2.24) is 10.6 Å². The number of halogens is 1. The van der Waals surface area contributed by atoms with Gasteiger partial charge in [-0.05, 0) is 68.1 Å². The van der Waals surface area contributed by atoms with E-state index in [0.29, 0.717) is 12.3 Å². The second kappa shape index (κ2) is 11.0. The Labute approximate surface area is 174 Å². The lowest BCUT2D eigenvalue weighted by molar-refractivity contribution is 0.123. The van der Waals surface area contributed by atoms with Crippen molar-refractivity contribution in [3.63, 3.8) is 0 Å². The Kier molecular flexibility index (Phi) is 8.98. The van der Waals surface area contributed by atoms with Crippen LogP contribution in [0.2, 0.25) is 0 Å². The molecule has 3 rings (SSSR count). The maximum Gasteiger partial charge on any atom is 0.191 e. The fraction of sp³-hybridized carbons (Fsp3) is 0.650. The number of benzene rings is 1. The van der Waals surface area contributed by atoms with Crippen molar-refractivity contribution in [3.05, 3.63) is 28.8 Å². The zero-order valence-corrected chi connectivity index (χ0v) is 18.1. The van der Waals surface area contributed by atoms with Crippen LogP contribution < -0.4 is 10.6 Å². The Bertz CT molecular complexity index is 603. The average molecular weight is 473 g/mol. The lowest BCUT2D eigenvalue weighted by Gasteiger charge is -2.21. The van der Waals surface area contributed by atoms with E-state index in [9.17, 15) is 5.11 Å². The van der Waals surface area contributed by atoms with Gasteiger partial charge in [-0.1, -0.05) is 6.07 Å². The van der Waals surface area contributed by atoms with Crippen molar-refractivity contribution in [2.45, 2.75) is 51.5 Å². The first kappa shape index (κ1) is 21.3. The van der Waals surface area contributed by atoms with Crippen LogP contribution in [0, 0.1) is 5.92 Å². The molecule has 1 saturated carbocycles. The molecular formula is C20H32IN3O2. The highest BCUT2D eigenvalue weighted by molar-refractivity contribution is 14.0. The summed E-state index contributed by atoms with van der Waals surface area (Å²) in [5, 5.41) is 16.9. The van der Waals surface area contributed by atoms with Gasteiger partial charge in [-0.3, -0.25) is 4.99 Å². The molecule has 1 fully saturated rings. The number of nitrogens with zero attached hydrogens (tertiary/aromatic N) is 1. The highest BCUT2D eigenvalue weighted by Crippen LogP contribution is 2.30. The number of nitrogens with one attached hydrogen (secondary N) is 2. The fourth-order valence-corrected chi connectivity index (χ4v) is 3.40. The largest absolute Gasteiger partial charge is 0.508 e. The summed E-state index contributed by atoms with van der Waals surface area (Å²) in [6, 6.07) is 3.90. The van der Waals surface area contributed by atoms with Crippen molar-refractivity contribution < 1.29 is 9.84 Å².